The van der Waals surface area contributed by atoms with Crippen LogP contribution in [0.3, 0.4) is 0 Å². The van der Waals surface area contributed by atoms with Crippen LogP contribution >= 0.6 is 11.8 Å². The summed E-state index contributed by atoms with van der Waals surface area (Å²) in [5.74, 6) is 1.03. The van der Waals surface area contributed by atoms with E-state index in [1.54, 1.807) is 13.1 Å². The maximum absolute atomic E-state index is 13.2. The van der Waals surface area contributed by atoms with Crippen LogP contribution in [-0.2, 0) is 6.54 Å². The van der Waals surface area contributed by atoms with Crippen LogP contribution in [0.5, 0.6) is 5.75 Å². The van der Waals surface area contributed by atoms with E-state index in [4.69, 9.17) is 5.11 Å². The Kier molecular flexibility index (Phi) is 5.52. The van der Waals surface area contributed by atoms with Gasteiger partial charge in [-0.3, -0.25) is 4.99 Å². The smallest absolute Gasteiger partial charge is 0.191 e. The molecule has 3 N–H and O–H groups in total. The molecule has 1 aromatic carbocycles. The van der Waals surface area contributed by atoms with Crippen molar-refractivity contribution < 1.29 is 9.50 Å². The van der Waals surface area contributed by atoms with Crippen molar-refractivity contribution in [1.29, 1.82) is 0 Å². The van der Waals surface area contributed by atoms with Crippen molar-refractivity contribution in [2.45, 2.75) is 24.6 Å². The van der Waals surface area contributed by atoms with Crippen molar-refractivity contribution in [1.82, 2.24) is 10.6 Å². The van der Waals surface area contributed by atoms with Crippen molar-refractivity contribution in [3.05, 3.63) is 29.6 Å². The predicted octanol–water partition coefficient (Wildman–Crippen LogP) is 2.09. The number of halogens is 1. The molecule has 4 nitrogen and oxygen atoms in total. The van der Waals surface area contributed by atoms with Crippen LogP contribution in [0.1, 0.15) is 18.4 Å². The fourth-order valence-corrected chi connectivity index (χ4v) is 3.28. The molecule has 0 amide bonds. The number of benzene rings is 1. The van der Waals surface area contributed by atoms with Gasteiger partial charge in [0, 0.05) is 25.4 Å². The minimum atomic E-state index is -0.602. The van der Waals surface area contributed by atoms with Gasteiger partial charge in [-0.25, -0.2) is 4.39 Å². The SMILES string of the molecule is CN=C(NCc1ccc(O)c(F)c1)NCC1CCCS1. The molecule has 1 aliphatic rings. The maximum Gasteiger partial charge on any atom is 0.191 e. The zero-order chi connectivity index (χ0) is 14.4. The predicted molar refractivity (Wildman–Crippen MR) is 81.7 cm³/mol. The van der Waals surface area contributed by atoms with Gasteiger partial charge in [0.25, 0.3) is 0 Å². The molecule has 20 heavy (non-hydrogen) atoms. The normalized spacial score (nSPS) is 19.1. The average molecular weight is 297 g/mol. The molecule has 1 aromatic rings. The molecule has 1 aliphatic heterocycles. The van der Waals surface area contributed by atoms with Crippen LogP contribution < -0.4 is 10.6 Å². The van der Waals surface area contributed by atoms with Gasteiger partial charge in [-0.1, -0.05) is 6.07 Å². The molecule has 1 heterocycles. The number of phenolic OH excluding ortho intramolecular Hbond substituents is 1. The number of rotatable bonds is 4. The zero-order valence-corrected chi connectivity index (χ0v) is 12.3. The topological polar surface area (TPSA) is 56.7 Å². The number of nitrogens with one attached hydrogen (secondary N) is 2. The number of nitrogens with zero attached hydrogens (tertiary/aromatic N) is 1. The summed E-state index contributed by atoms with van der Waals surface area (Å²) in [5, 5.41) is 16.2. The number of aliphatic imine (C=N–C) groups is 1. The molecule has 0 spiro atoms. The molecule has 6 heteroatoms. The number of hydrogen-bond donors (Lipinski definition) is 3. The molecular formula is C14H20FN3OS. The van der Waals surface area contributed by atoms with Gasteiger partial charge in [-0.15, -0.1) is 0 Å². The van der Waals surface area contributed by atoms with Gasteiger partial charge in [0.15, 0.2) is 17.5 Å². The highest BCUT2D eigenvalue weighted by molar-refractivity contribution is 8.00. The van der Waals surface area contributed by atoms with E-state index in [0.29, 0.717) is 17.8 Å². The summed E-state index contributed by atoms with van der Waals surface area (Å²) in [7, 11) is 1.72. The van der Waals surface area contributed by atoms with E-state index in [1.165, 1.54) is 30.7 Å². The van der Waals surface area contributed by atoms with Gasteiger partial charge < -0.3 is 15.7 Å². The van der Waals surface area contributed by atoms with Crippen LogP contribution in [0.25, 0.3) is 0 Å². The molecular weight excluding hydrogens is 277 g/mol. The third kappa shape index (κ3) is 4.30. The first-order valence-electron chi connectivity index (χ1n) is 6.72. The minimum Gasteiger partial charge on any atom is -0.505 e. The average Bonchev–Trinajstić information content (AvgIpc) is 2.96. The lowest BCUT2D eigenvalue weighted by atomic mass is 10.2. The van der Waals surface area contributed by atoms with Gasteiger partial charge in [0.2, 0.25) is 0 Å². The highest BCUT2D eigenvalue weighted by Gasteiger charge is 2.15. The van der Waals surface area contributed by atoms with Crippen molar-refractivity contribution in [2.75, 3.05) is 19.3 Å². The van der Waals surface area contributed by atoms with Crippen LogP contribution in [0.2, 0.25) is 0 Å². The molecule has 0 aliphatic carbocycles. The Hall–Kier alpha value is -1.43. The minimum absolute atomic E-state index is 0.325. The first-order chi connectivity index (χ1) is 9.69. The number of aromatic hydroxyl groups is 1. The van der Waals surface area contributed by atoms with Gasteiger partial charge in [-0.2, -0.15) is 11.8 Å². The standard InChI is InChI=1S/C14H20FN3OS/c1-16-14(18-9-11-3-2-6-20-11)17-8-10-4-5-13(19)12(15)7-10/h4-5,7,11,19H,2-3,6,8-9H2,1H3,(H2,16,17,18). The molecule has 110 valence electrons. The molecule has 0 bridgehead atoms. The summed E-state index contributed by atoms with van der Waals surface area (Å²) in [6.45, 7) is 1.36. The van der Waals surface area contributed by atoms with E-state index in [9.17, 15) is 4.39 Å². The Morgan fingerprint density at radius 1 is 1.50 bits per heavy atom. The van der Waals surface area contributed by atoms with Crippen LogP contribution in [0.4, 0.5) is 4.39 Å². The van der Waals surface area contributed by atoms with E-state index in [1.807, 2.05) is 11.8 Å². The number of thioether (sulfide) groups is 1. The lowest BCUT2D eigenvalue weighted by Gasteiger charge is -2.14. The van der Waals surface area contributed by atoms with Crippen molar-refractivity contribution >= 4 is 17.7 Å². The molecule has 2 rings (SSSR count). The highest BCUT2D eigenvalue weighted by atomic mass is 32.2. The third-order valence-electron chi connectivity index (χ3n) is 3.22. The monoisotopic (exact) mass is 297 g/mol. The van der Waals surface area contributed by atoms with Gasteiger partial charge in [-0.05, 0) is 36.3 Å². The van der Waals surface area contributed by atoms with Gasteiger partial charge >= 0.3 is 0 Å². The maximum atomic E-state index is 13.2. The summed E-state index contributed by atoms with van der Waals surface area (Å²) in [5.41, 5.74) is 0.762. The lowest BCUT2D eigenvalue weighted by Crippen LogP contribution is -2.39. The quantitative estimate of drug-likeness (QED) is 0.588. The molecule has 1 unspecified atom stereocenters. The van der Waals surface area contributed by atoms with Crippen LogP contribution in [0, 0.1) is 5.82 Å². The molecule has 0 saturated carbocycles. The fraction of sp³-hybridized carbons (Fsp3) is 0.500. The second-order valence-electron chi connectivity index (χ2n) is 4.73. The second kappa shape index (κ2) is 7.38. The molecule has 0 radical (unpaired) electrons. The van der Waals surface area contributed by atoms with Gasteiger partial charge in [0.1, 0.15) is 0 Å². The lowest BCUT2D eigenvalue weighted by molar-refractivity contribution is 0.431. The first kappa shape index (κ1) is 15.0. The summed E-state index contributed by atoms with van der Waals surface area (Å²) < 4.78 is 13.2. The molecule has 0 aromatic heterocycles. The van der Waals surface area contributed by atoms with Crippen molar-refractivity contribution in [3.8, 4) is 5.75 Å². The zero-order valence-electron chi connectivity index (χ0n) is 11.5. The Balaban J connectivity index is 1.79. The van der Waals surface area contributed by atoms with Crippen molar-refractivity contribution in [2.24, 2.45) is 4.99 Å². The molecule has 1 saturated heterocycles. The van der Waals surface area contributed by atoms with Crippen molar-refractivity contribution in [3.63, 3.8) is 0 Å². The Morgan fingerprint density at radius 2 is 2.35 bits per heavy atom. The number of phenols is 1. The summed E-state index contributed by atoms with van der Waals surface area (Å²) in [6, 6.07) is 4.37. The van der Waals surface area contributed by atoms with Crippen LogP contribution in [0.15, 0.2) is 23.2 Å². The summed E-state index contributed by atoms with van der Waals surface area (Å²) >= 11 is 1.99. The second-order valence-corrected chi connectivity index (χ2v) is 6.14. The van der Waals surface area contributed by atoms with E-state index < -0.39 is 5.82 Å². The number of guanidine groups is 1. The highest BCUT2D eigenvalue weighted by Crippen LogP contribution is 2.25. The molecule has 1 atom stereocenters. The van der Waals surface area contributed by atoms with E-state index in [-0.39, 0.29) is 5.75 Å². The van der Waals surface area contributed by atoms with Gasteiger partial charge in [0.05, 0.1) is 0 Å². The summed E-state index contributed by atoms with van der Waals surface area (Å²) in [6.07, 6.45) is 2.54. The fourth-order valence-electron chi connectivity index (χ4n) is 2.08. The van der Waals surface area contributed by atoms with E-state index >= 15 is 0 Å². The Bertz CT molecular complexity index is 475. The van der Waals surface area contributed by atoms with E-state index in [0.717, 1.165) is 12.1 Å². The molecule has 1 fully saturated rings. The first-order valence-corrected chi connectivity index (χ1v) is 7.77. The van der Waals surface area contributed by atoms with Crippen LogP contribution in [-0.4, -0.2) is 35.7 Å². The largest absolute Gasteiger partial charge is 0.505 e. The van der Waals surface area contributed by atoms with E-state index in [2.05, 4.69) is 15.6 Å². The number of hydrogen-bond acceptors (Lipinski definition) is 3. The Labute approximate surface area is 122 Å². The summed E-state index contributed by atoms with van der Waals surface area (Å²) in [4.78, 5) is 4.15. The Morgan fingerprint density at radius 3 is 3.00 bits per heavy atom. The third-order valence-corrected chi connectivity index (χ3v) is 4.61.